The first-order valence-electron chi connectivity index (χ1n) is 7.37. The molecule has 20 heavy (non-hydrogen) atoms. The summed E-state index contributed by atoms with van der Waals surface area (Å²) in [6.07, 6.45) is 6.95. The normalized spacial score (nSPS) is 18.4. The summed E-state index contributed by atoms with van der Waals surface area (Å²) >= 11 is 0. The van der Waals surface area contributed by atoms with Crippen molar-refractivity contribution in [1.29, 1.82) is 0 Å². The fraction of sp³-hybridized carbons (Fsp3) is 0.438. The maximum absolute atomic E-state index is 13.4. The van der Waals surface area contributed by atoms with E-state index < -0.39 is 0 Å². The minimum absolute atomic E-state index is 0.211. The van der Waals surface area contributed by atoms with Gasteiger partial charge in [0, 0.05) is 24.1 Å². The van der Waals surface area contributed by atoms with Gasteiger partial charge in [-0.25, -0.2) is 9.07 Å². The molecule has 1 aromatic heterocycles. The Hall–Kier alpha value is -1.68. The second kappa shape index (κ2) is 4.70. The second-order valence-electron chi connectivity index (χ2n) is 5.88. The van der Waals surface area contributed by atoms with Crippen LogP contribution in [0.1, 0.15) is 42.9 Å². The SMILES string of the molecule is Fc1cccc(-n2ncc(CNC3CC3)c2C2CC2)c1. The lowest BCUT2D eigenvalue weighted by atomic mass is 10.1. The van der Waals surface area contributed by atoms with E-state index in [2.05, 4.69) is 10.4 Å². The lowest BCUT2D eigenvalue weighted by Crippen LogP contribution is -2.16. The standard InChI is InChI=1S/C16H18FN3/c17-13-2-1-3-15(8-13)20-16(11-4-5-11)12(10-19-20)9-18-14-6-7-14/h1-3,8,10-11,14,18H,4-7,9H2. The van der Waals surface area contributed by atoms with Gasteiger partial charge in [-0.2, -0.15) is 5.10 Å². The number of aromatic nitrogens is 2. The van der Waals surface area contributed by atoms with E-state index in [-0.39, 0.29) is 5.82 Å². The molecule has 2 saturated carbocycles. The zero-order chi connectivity index (χ0) is 13.5. The van der Waals surface area contributed by atoms with Gasteiger partial charge in [0.15, 0.2) is 0 Å². The van der Waals surface area contributed by atoms with Gasteiger partial charge >= 0.3 is 0 Å². The van der Waals surface area contributed by atoms with Gasteiger partial charge in [-0.15, -0.1) is 0 Å². The average Bonchev–Trinajstić information content (AvgIpc) is 3.36. The van der Waals surface area contributed by atoms with Crippen LogP contribution in [0.15, 0.2) is 30.5 Å². The van der Waals surface area contributed by atoms with Crippen molar-refractivity contribution in [3.05, 3.63) is 47.5 Å². The molecule has 0 unspecified atom stereocenters. The molecule has 1 heterocycles. The summed E-state index contributed by atoms with van der Waals surface area (Å²) in [4.78, 5) is 0. The molecule has 0 aliphatic heterocycles. The Balaban J connectivity index is 1.67. The molecule has 1 N–H and O–H groups in total. The van der Waals surface area contributed by atoms with Gasteiger partial charge in [-0.1, -0.05) is 6.07 Å². The zero-order valence-corrected chi connectivity index (χ0v) is 11.3. The maximum Gasteiger partial charge on any atom is 0.125 e. The number of halogens is 1. The van der Waals surface area contributed by atoms with Crippen LogP contribution in [-0.4, -0.2) is 15.8 Å². The molecule has 4 rings (SSSR count). The molecule has 0 saturated heterocycles. The monoisotopic (exact) mass is 271 g/mol. The molecule has 0 bridgehead atoms. The lowest BCUT2D eigenvalue weighted by molar-refractivity contribution is 0.624. The van der Waals surface area contributed by atoms with E-state index in [0.717, 1.165) is 12.2 Å². The predicted octanol–water partition coefficient (Wildman–Crippen LogP) is 3.14. The van der Waals surface area contributed by atoms with E-state index >= 15 is 0 Å². The summed E-state index contributed by atoms with van der Waals surface area (Å²) in [6, 6.07) is 7.38. The minimum Gasteiger partial charge on any atom is -0.310 e. The molecule has 0 radical (unpaired) electrons. The summed E-state index contributed by atoms with van der Waals surface area (Å²) in [6.45, 7) is 0.881. The topological polar surface area (TPSA) is 29.9 Å². The van der Waals surface area contributed by atoms with Crippen molar-refractivity contribution in [2.45, 2.75) is 44.2 Å². The molecular formula is C16H18FN3. The minimum atomic E-state index is -0.211. The molecule has 104 valence electrons. The number of nitrogens with one attached hydrogen (secondary N) is 1. The van der Waals surface area contributed by atoms with Gasteiger partial charge in [-0.3, -0.25) is 0 Å². The fourth-order valence-electron chi connectivity index (χ4n) is 2.68. The van der Waals surface area contributed by atoms with E-state index in [9.17, 15) is 4.39 Å². The van der Waals surface area contributed by atoms with Gasteiger partial charge in [0.1, 0.15) is 5.82 Å². The van der Waals surface area contributed by atoms with Crippen LogP contribution in [0.4, 0.5) is 4.39 Å². The average molecular weight is 271 g/mol. The van der Waals surface area contributed by atoms with Crippen LogP contribution in [0, 0.1) is 5.82 Å². The molecule has 2 fully saturated rings. The highest BCUT2D eigenvalue weighted by Crippen LogP contribution is 2.42. The van der Waals surface area contributed by atoms with Crippen molar-refractivity contribution in [1.82, 2.24) is 15.1 Å². The van der Waals surface area contributed by atoms with Crippen molar-refractivity contribution in [2.75, 3.05) is 0 Å². The smallest absolute Gasteiger partial charge is 0.125 e. The van der Waals surface area contributed by atoms with Crippen molar-refractivity contribution >= 4 is 0 Å². The summed E-state index contributed by atoms with van der Waals surface area (Å²) in [7, 11) is 0. The third-order valence-electron chi connectivity index (χ3n) is 4.06. The molecule has 2 aliphatic rings. The Labute approximate surface area is 117 Å². The number of hydrogen-bond donors (Lipinski definition) is 1. The Morgan fingerprint density at radius 1 is 1.25 bits per heavy atom. The molecule has 2 aromatic rings. The number of benzene rings is 1. The molecular weight excluding hydrogens is 253 g/mol. The van der Waals surface area contributed by atoms with Crippen LogP contribution in [-0.2, 0) is 6.54 Å². The van der Waals surface area contributed by atoms with Crippen molar-refractivity contribution in [3.63, 3.8) is 0 Å². The number of rotatable bonds is 5. The van der Waals surface area contributed by atoms with E-state index in [0.29, 0.717) is 12.0 Å². The molecule has 0 atom stereocenters. The van der Waals surface area contributed by atoms with Gasteiger partial charge < -0.3 is 5.32 Å². The molecule has 1 aromatic carbocycles. The lowest BCUT2D eigenvalue weighted by Gasteiger charge is -2.09. The van der Waals surface area contributed by atoms with Crippen molar-refractivity contribution in [3.8, 4) is 5.69 Å². The van der Waals surface area contributed by atoms with Crippen LogP contribution in [0.3, 0.4) is 0 Å². The second-order valence-corrected chi connectivity index (χ2v) is 5.88. The highest BCUT2D eigenvalue weighted by Gasteiger charge is 2.31. The third kappa shape index (κ3) is 2.36. The summed E-state index contributed by atoms with van der Waals surface area (Å²) in [5, 5.41) is 8.04. The van der Waals surface area contributed by atoms with Crippen LogP contribution >= 0.6 is 0 Å². The summed E-state index contributed by atoms with van der Waals surface area (Å²) in [5.41, 5.74) is 3.36. The number of nitrogens with zero attached hydrogens (tertiary/aromatic N) is 2. The Morgan fingerprint density at radius 2 is 2.10 bits per heavy atom. The van der Waals surface area contributed by atoms with E-state index in [4.69, 9.17) is 0 Å². The van der Waals surface area contributed by atoms with Gasteiger partial charge in [0.05, 0.1) is 17.6 Å². The largest absolute Gasteiger partial charge is 0.310 e. The van der Waals surface area contributed by atoms with Crippen LogP contribution in [0.5, 0.6) is 0 Å². The first kappa shape index (κ1) is 12.1. The van der Waals surface area contributed by atoms with E-state index in [1.807, 2.05) is 16.9 Å². The van der Waals surface area contributed by atoms with Gasteiger partial charge in [0.25, 0.3) is 0 Å². The Kier molecular flexibility index (Phi) is 2.84. The van der Waals surface area contributed by atoms with Crippen LogP contribution < -0.4 is 5.32 Å². The third-order valence-corrected chi connectivity index (χ3v) is 4.06. The quantitative estimate of drug-likeness (QED) is 0.905. The molecule has 2 aliphatic carbocycles. The summed E-state index contributed by atoms with van der Waals surface area (Å²) < 4.78 is 15.3. The van der Waals surface area contributed by atoms with E-state index in [1.165, 1.54) is 43.0 Å². The van der Waals surface area contributed by atoms with E-state index in [1.54, 1.807) is 12.1 Å². The Bertz CT molecular complexity index is 626. The van der Waals surface area contributed by atoms with Crippen molar-refractivity contribution < 1.29 is 4.39 Å². The highest BCUT2D eigenvalue weighted by molar-refractivity contribution is 5.38. The van der Waals surface area contributed by atoms with Gasteiger partial charge in [-0.05, 0) is 43.9 Å². The van der Waals surface area contributed by atoms with Crippen molar-refractivity contribution in [2.24, 2.45) is 0 Å². The molecule has 4 heteroatoms. The first-order chi connectivity index (χ1) is 9.81. The predicted molar refractivity (Wildman–Crippen MR) is 75.4 cm³/mol. The zero-order valence-electron chi connectivity index (χ0n) is 11.3. The highest BCUT2D eigenvalue weighted by atomic mass is 19.1. The number of hydrogen-bond acceptors (Lipinski definition) is 2. The first-order valence-corrected chi connectivity index (χ1v) is 7.37. The summed E-state index contributed by atoms with van der Waals surface area (Å²) in [5.74, 6) is 0.383. The molecule has 3 nitrogen and oxygen atoms in total. The van der Waals surface area contributed by atoms with Crippen LogP contribution in [0.2, 0.25) is 0 Å². The molecule has 0 amide bonds. The Morgan fingerprint density at radius 3 is 2.80 bits per heavy atom. The maximum atomic E-state index is 13.4. The van der Waals surface area contributed by atoms with Gasteiger partial charge in [0.2, 0.25) is 0 Å². The van der Waals surface area contributed by atoms with Crippen LogP contribution in [0.25, 0.3) is 5.69 Å². The molecule has 0 spiro atoms. The fourth-order valence-corrected chi connectivity index (χ4v) is 2.68.